The van der Waals surface area contributed by atoms with Crippen LogP contribution in [0.2, 0.25) is 10.0 Å². The number of likely N-dealkylation sites (N-methyl/N-ethyl adjacent to an activating group) is 1. The molecule has 188 valence electrons. The Kier molecular flexibility index (Phi) is 9.51. The molecule has 1 fully saturated rings. The molecule has 1 heterocycles. The number of carbonyl (C=O) groups is 3. The Hall–Kier alpha value is -2.65. The van der Waals surface area contributed by atoms with Gasteiger partial charge in [0.2, 0.25) is 11.8 Å². The van der Waals surface area contributed by atoms with E-state index in [-0.39, 0.29) is 24.8 Å². The highest BCUT2D eigenvalue weighted by atomic mass is 35.5. The normalized spacial score (nSPS) is 15.4. The fourth-order valence-corrected chi connectivity index (χ4v) is 4.43. The number of carboxylic acid groups (broad SMARTS) is 1. The van der Waals surface area contributed by atoms with Crippen molar-refractivity contribution in [1.82, 2.24) is 9.80 Å². The van der Waals surface area contributed by atoms with Crippen LogP contribution in [0.5, 0.6) is 0 Å². The topological polar surface area (TPSA) is 116 Å². The van der Waals surface area contributed by atoms with Gasteiger partial charge in [0.25, 0.3) is 0 Å². The van der Waals surface area contributed by atoms with Crippen molar-refractivity contribution in [3.8, 4) is 0 Å². The molecule has 4 N–H and O–H groups in total. The SMILES string of the molecule is CN(C(=O)Cc1ccc(Cl)c(Cl)c1)[C@H](CN1CCCC1)c1cccc(NC(=O)C[C@H](N)C(=O)O)c1. The predicted molar refractivity (Wildman–Crippen MR) is 137 cm³/mol. The van der Waals surface area contributed by atoms with Crippen molar-refractivity contribution < 1.29 is 19.5 Å². The Balaban J connectivity index is 1.78. The number of amides is 2. The summed E-state index contributed by atoms with van der Waals surface area (Å²) in [6.07, 6.45) is 2.08. The number of carbonyl (C=O) groups excluding carboxylic acids is 2. The first-order chi connectivity index (χ1) is 16.6. The van der Waals surface area contributed by atoms with Crippen LogP contribution in [0.25, 0.3) is 0 Å². The van der Waals surface area contributed by atoms with Gasteiger partial charge in [-0.05, 0) is 61.3 Å². The lowest BCUT2D eigenvalue weighted by Gasteiger charge is -2.32. The van der Waals surface area contributed by atoms with Gasteiger partial charge in [0, 0.05) is 19.3 Å². The highest BCUT2D eigenvalue weighted by Gasteiger charge is 2.26. The van der Waals surface area contributed by atoms with E-state index in [0.717, 1.165) is 37.1 Å². The number of hydrogen-bond acceptors (Lipinski definition) is 5. The summed E-state index contributed by atoms with van der Waals surface area (Å²) in [5.41, 5.74) is 7.62. The van der Waals surface area contributed by atoms with Crippen LogP contribution < -0.4 is 11.1 Å². The maximum atomic E-state index is 13.2. The van der Waals surface area contributed by atoms with Crippen LogP contribution >= 0.6 is 23.2 Å². The van der Waals surface area contributed by atoms with Gasteiger partial charge in [0.1, 0.15) is 6.04 Å². The van der Waals surface area contributed by atoms with Crippen LogP contribution in [-0.4, -0.2) is 65.4 Å². The molecule has 2 amide bonds. The molecule has 0 unspecified atom stereocenters. The van der Waals surface area contributed by atoms with Crippen LogP contribution in [-0.2, 0) is 20.8 Å². The number of nitrogens with two attached hydrogens (primary N) is 1. The molecule has 1 aliphatic heterocycles. The maximum Gasteiger partial charge on any atom is 0.321 e. The van der Waals surface area contributed by atoms with E-state index in [9.17, 15) is 14.4 Å². The lowest BCUT2D eigenvalue weighted by atomic mass is 10.0. The number of benzene rings is 2. The smallest absolute Gasteiger partial charge is 0.321 e. The van der Waals surface area contributed by atoms with E-state index in [1.807, 2.05) is 12.1 Å². The Morgan fingerprint density at radius 1 is 1.11 bits per heavy atom. The number of hydrogen-bond donors (Lipinski definition) is 3. The van der Waals surface area contributed by atoms with Gasteiger partial charge < -0.3 is 26.0 Å². The molecule has 0 aliphatic carbocycles. The monoisotopic (exact) mass is 520 g/mol. The maximum absolute atomic E-state index is 13.2. The molecule has 35 heavy (non-hydrogen) atoms. The standard InChI is InChI=1S/C25H30Cl2N4O4/c1-30(24(33)12-16-7-8-19(26)20(27)11-16)22(15-31-9-2-3-10-31)17-5-4-6-18(13-17)29-23(32)14-21(28)25(34)35/h4-8,11,13,21-22H,2-3,9-10,12,14-15,28H2,1H3,(H,29,32)(H,34,35)/t21-,22+/m0/s1. The fraction of sp³-hybridized carbons (Fsp3) is 0.400. The summed E-state index contributed by atoms with van der Waals surface area (Å²) in [7, 11) is 1.78. The van der Waals surface area contributed by atoms with Crippen molar-refractivity contribution in [2.75, 3.05) is 32.0 Å². The molecule has 3 rings (SSSR count). The molecule has 0 saturated carbocycles. The van der Waals surface area contributed by atoms with Gasteiger partial charge >= 0.3 is 5.97 Å². The van der Waals surface area contributed by atoms with Crippen molar-refractivity contribution in [3.05, 3.63) is 63.6 Å². The molecule has 10 heteroatoms. The second-order valence-corrected chi connectivity index (χ2v) is 9.59. The quantitative estimate of drug-likeness (QED) is 0.440. The number of halogens is 2. The summed E-state index contributed by atoms with van der Waals surface area (Å²) in [5.74, 6) is -1.80. The third kappa shape index (κ3) is 7.67. The lowest BCUT2D eigenvalue weighted by molar-refractivity contribution is -0.140. The van der Waals surface area contributed by atoms with E-state index in [2.05, 4.69) is 10.2 Å². The highest BCUT2D eigenvalue weighted by Crippen LogP contribution is 2.27. The van der Waals surface area contributed by atoms with Crippen molar-refractivity contribution in [2.45, 2.75) is 37.8 Å². The van der Waals surface area contributed by atoms with Gasteiger partial charge in [0.05, 0.1) is 28.9 Å². The minimum atomic E-state index is -1.27. The number of likely N-dealkylation sites (tertiary alicyclic amines) is 1. The first-order valence-corrected chi connectivity index (χ1v) is 12.2. The fourth-order valence-electron chi connectivity index (χ4n) is 4.11. The average Bonchev–Trinajstić information content (AvgIpc) is 3.32. The van der Waals surface area contributed by atoms with Crippen LogP contribution in [0.3, 0.4) is 0 Å². The van der Waals surface area contributed by atoms with Crippen LogP contribution in [0.4, 0.5) is 5.69 Å². The molecule has 0 radical (unpaired) electrons. The number of nitrogens with zero attached hydrogens (tertiary/aromatic N) is 2. The highest BCUT2D eigenvalue weighted by molar-refractivity contribution is 6.42. The zero-order valence-electron chi connectivity index (χ0n) is 19.5. The zero-order chi connectivity index (χ0) is 25.5. The first kappa shape index (κ1) is 26.9. The number of anilines is 1. The van der Waals surface area contributed by atoms with E-state index in [0.29, 0.717) is 22.3 Å². The molecule has 1 aliphatic rings. The molecule has 2 aromatic carbocycles. The third-order valence-corrected chi connectivity index (χ3v) is 6.85. The first-order valence-electron chi connectivity index (χ1n) is 11.4. The largest absolute Gasteiger partial charge is 0.480 e. The van der Waals surface area contributed by atoms with Gasteiger partial charge in [-0.15, -0.1) is 0 Å². The van der Waals surface area contributed by atoms with Crippen LogP contribution in [0.1, 0.15) is 36.4 Å². The van der Waals surface area contributed by atoms with Gasteiger partial charge in [-0.25, -0.2) is 0 Å². The Labute approximate surface area is 215 Å². The molecule has 0 spiro atoms. The molecule has 2 atom stereocenters. The minimum Gasteiger partial charge on any atom is -0.480 e. The van der Waals surface area contributed by atoms with Crippen LogP contribution in [0.15, 0.2) is 42.5 Å². The van der Waals surface area contributed by atoms with Gasteiger partial charge in [-0.1, -0.05) is 41.4 Å². The second kappa shape index (κ2) is 12.4. The predicted octanol–water partition coefficient (Wildman–Crippen LogP) is 3.57. The average molecular weight is 521 g/mol. The van der Waals surface area contributed by atoms with Gasteiger partial charge in [0.15, 0.2) is 0 Å². The Morgan fingerprint density at radius 2 is 1.83 bits per heavy atom. The zero-order valence-corrected chi connectivity index (χ0v) is 21.1. The molecule has 0 bridgehead atoms. The molecule has 2 aromatic rings. The molecular formula is C25H30Cl2N4O4. The van der Waals surface area contributed by atoms with Crippen molar-refractivity contribution in [2.24, 2.45) is 5.73 Å². The summed E-state index contributed by atoms with van der Waals surface area (Å²) in [6, 6.07) is 10.9. The van der Waals surface area contributed by atoms with Crippen molar-refractivity contribution in [3.63, 3.8) is 0 Å². The summed E-state index contributed by atoms with van der Waals surface area (Å²) in [4.78, 5) is 40.5. The summed E-state index contributed by atoms with van der Waals surface area (Å²) < 4.78 is 0. The van der Waals surface area contributed by atoms with Crippen molar-refractivity contribution >= 4 is 46.7 Å². The molecular weight excluding hydrogens is 491 g/mol. The lowest BCUT2D eigenvalue weighted by Crippen LogP contribution is -2.39. The second-order valence-electron chi connectivity index (χ2n) is 8.78. The number of rotatable bonds is 10. The van der Waals surface area contributed by atoms with E-state index in [1.54, 1.807) is 42.3 Å². The van der Waals surface area contributed by atoms with Gasteiger partial charge in [-0.2, -0.15) is 0 Å². The van der Waals surface area contributed by atoms with Gasteiger partial charge in [-0.3, -0.25) is 14.4 Å². The third-order valence-electron chi connectivity index (χ3n) is 6.11. The Morgan fingerprint density at radius 3 is 2.49 bits per heavy atom. The number of nitrogens with one attached hydrogen (secondary N) is 1. The number of carboxylic acids is 1. The van der Waals surface area contributed by atoms with Crippen LogP contribution in [0, 0.1) is 0 Å². The van der Waals surface area contributed by atoms with E-state index >= 15 is 0 Å². The number of aliphatic carboxylic acids is 1. The van der Waals surface area contributed by atoms with E-state index < -0.39 is 17.9 Å². The molecule has 0 aromatic heterocycles. The summed E-state index contributed by atoms with van der Waals surface area (Å²) in [6.45, 7) is 2.59. The molecule has 8 nitrogen and oxygen atoms in total. The molecule has 1 saturated heterocycles. The van der Waals surface area contributed by atoms with E-state index in [4.69, 9.17) is 34.0 Å². The minimum absolute atomic E-state index is 0.0746. The van der Waals surface area contributed by atoms with E-state index in [1.165, 1.54) is 0 Å². The summed E-state index contributed by atoms with van der Waals surface area (Å²) in [5, 5.41) is 12.5. The Bertz CT molecular complexity index is 1080. The summed E-state index contributed by atoms with van der Waals surface area (Å²) >= 11 is 12.1. The van der Waals surface area contributed by atoms with Crippen molar-refractivity contribution in [1.29, 1.82) is 0 Å².